The van der Waals surface area contributed by atoms with E-state index in [2.05, 4.69) is 25.8 Å². The zero-order valence-corrected chi connectivity index (χ0v) is 19.6. The van der Waals surface area contributed by atoms with E-state index in [1.54, 1.807) is 7.11 Å². The monoisotopic (exact) mass is 475 g/mol. The van der Waals surface area contributed by atoms with Crippen molar-refractivity contribution in [2.24, 2.45) is 4.36 Å². The molecule has 3 aliphatic rings. The summed E-state index contributed by atoms with van der Waals surface area (Å²) in [4.78, 5) is 24.7. The molecule has 1 aromatic carbocycles. The van der Waals surface area contributed by atoms with Gasteiger partial charge < -0.3 is 25.5 Å². The van der Waals surface area contributed by atoms with Gasteiger partial charge in [0.05, 0.1) is 0 Å². The highest BCUT2D eigenvalue weighted by Crippen LogP contribution is 2.38. The number of carbonyl (C=O) groups is 2. The number of ether oxygens (including phenoxy) is 2. The summed E-state index contributed by atoms with van der Waals surface area (Å²) in [6.45, 7) is 1.69. The summed E-state index contributed by atoms with van der Waals surface area (Å²) in [5.74, 6) is -0.626. The van der Waals surface area contributed by atoms with Crippen LogP contribution in [0, 0.1) is 5.41 Å². The fourth-order valence-electron chi connectivity index (χ4n) is 4.61. The Morgan fingerprint density at radius 1 is 1.24 bits per heavy atom. The van der Waals surface area contributed by atoms with Gasteiger partial charge >= 0.3 is 6.03 Å². The van der Waals surface area contributed by atoms with Crippen molar-refractivity contribution >= 4 is 33.8 Å². The predicted molar refractivity (Wildman–Crippen MR) is 124 cm³/mol. The fraction of sp³-hybridized carbons (Fsp3) is 0.500. The van der Waals surface area contributed by atoms with Crippen molar-refractivity contribution in [2.45, 2.75) is 51.6 Å². The number of hydrogen-bond acceptors (Lipinski definition) is 7. The maximum atomic E-state index is 13.7. The number of methoxy groups -OCH3 is 1. The molecule has 11 heteroatoms. The van der Waals surface area contributed by atoms with Crippen LogP contribution in [0.2, 0.25) is 0 Å². The molecule has 10 nitrogen and oxygen atoms in total. The van der Waals surface area contributed by atoms with Crippen LogP contribution in [0.15, 0.2) is 21.2 Å². The summed E-state index contributed by atoms with van der Waals surface area (Å²) in [5.41, 5.74) is 5.46. The first-order chi connectivity index (χ1) is 15.8. The van der Waals surface area contributed by atoms with E-state index in [1.165, 1.54) is 18.1 Å². The average Bonchev–Trinajstić information content (AvgIpc) is 3.43. The van der Waals surface area contributed by atoms with Gasteiger partial charge in [-0.1, -0.05) is 6.07 Å². The van der Waals surface area contributed by atoms with Gasteiger partial charge in [-0.2, -0.15) is 0 Å². The lowest BCUT2D eigenvalue weighted by Gasteiger charge is -2.27. The average molecular weight is 476 g/mol. The second-order valence-electron chi connectivity index (χ2n) is 8.33. The number of nitrogens with zero attached hydrogens (tertiary/aromatic N) is 1. The van der Waals surface area contributed by atoms with Crippen LogP contribution in [-0.4, -0.2) is 48.7 Å². The van der Waals surface area contributed by atoms with Crippen molar-refractivity contribution < 1.29 is 23.3 Å². The van der Waals surface area contributed by atoms with Gasteiger partial charge in [-0.05, 0) is 60.8 Å². The molecule has 1 unspecified atom stereocenters. The SMILES string of the molecule is CO[C@H]1CN/C(=C(\C=N)S(=O)(=NC(=O)Nc2c3c(cc4c2CCC4)CCC3)NC(C)=O)OC1. The highest BCUT2D eigenvalue weighted by Gasteiger charge is 2.29. The van der Waals surface area contributed by atoms with Gasteiger partial charge in [-0.25, -0.2) is 9.00 Å². The molecule has 1 fully saturated rings. The van der Waals surface area contributed by atoms with Gasteiger partial charge in [0.1, 0.15) is 17.6 Å². The molecule has 2 atom stereocenters. The summed E-state index contributed by atoms with van der Waals surface area (Å²) in [6.07, 6.45) is 6.29. The van der Waals surface area contributed by atoms with Gasteiger partial charge in [0.15, 0.2) is 9.92 Å². The van der Waals surface area contributed by atoms with Crippen molar-refractivity contribution in [1.29, 1.82) is 5.41 Å². The predicted octanol–water partition coefficient (Wildman–Crippen LogP) is 2.17. The molecular weight excluding hydrogens is 446 g/mol. The lowest BCUT2D eigenvalue weighted by Crippen LogP contribution is -2.41. The van der Waals surface area contributed by atoms with Gasteiger partial charge in [0.25, 0.3) is 0 Å². The van der Waals surface area contributed by atoms with E-state index in [0.717, 1.165) is 61.6 Å². The third-order valence-electron chi connectivity index (χ3n) is 6.09. The van der Waals surface area contributed by atoms with E-state index < -0.39 is 21.9 Å². The molecular formula is C22H29N5O5S. The van der Waals surface area contributed by atoms with E-state index in [1.807, 2.05) is 0 Å². The molecule has 1 aliphatic heterocycles. The Kier molecular flexibility index (Phi) is 6.71. The van der Waals surface area contributed by atoms with Crippen LogP contribution < -0.4 is 15.4 Å². The quantitative estimate of drug-likeness (QED) is 0.481. The standard InChI is InChI=1S/C22H29N5O5S/c1-13(28)26-33(30,19(10-23)21-24-11-16(31-2)12-32-21)27-22(29)25-20-17-7-3-5-14(17)9-15-6-4-8-18(15)20/h9-10,16,23-24H,3-8,11-12H2,1-2H3,(H2,25,26,27,28,29,30)/b21-19-,23-10?/t16-,33?/m0/s1. The van der Waals surface area contributed by atoms with Crippen LogP contribution in [0.3, 0.4) is 0 Å². The number of fused-ring (bicyclic) bond motifs is 2. The number of urea groups is 1. The Labute approximate surface area is 193 Å². The Bertz CT molecular complexity index is 1110. The van der Waals surface area contributed by atoms with Gasteiger partial charge in [0.2, 0.25) is 11.8 Å². The Morgan fingerprint density at radius 2 is 1.91 bits per heavy atom. The van der Waals surface area contributed by atoms with Crippen LogP contribution in [0.5, 0.6) is 0 Å². The Morgan fingerprint density at radius 3 is 2.42 bits per heavy atom. The molecule has 1 saturated heterocycles. The summed E-state index contributed by atoms with van der Waals surface area (Å²) in [5, 5.41) is 13.6. The number of anilines is 1. The number of hydrogen-bond donors (Lipinski definition) is 4. The molecule has 1 heterocycles. The maximum absolute atomic E-state index is 13.7. The zero-order valence-electron chi connectivity index (χ0n) is 18.8. The van der Waals surface area contributed by atoms with Crippen molar-refractivity contribution in [3.8, 4) is 0 Å². The van der Waals surface area contributed by atoms with E-state index in [9.17, 15) is 13.8 Å². The second-order valence-corrected chi connectivity index (χ2v) is 10.2. The summed E-state index contributed by atoms with van der Waals surface area (Å²) < 4.78 is 30.6. The van der Waals surface area contributed by atoms with Gasteiger partial charge in [0, 0.05) is 32.5 Å². The molecule has 0 saturated carbocycles. The Balaban J connectivity index is 1.70. The third kappa shape index (κ3) is 4.74. The molecule has 4 N–H and O–H groups in total. The van der Waals surface area contributed by atoms with E-state index >= 15 is 0 Å². The zero-order chi connectivity index (χ0) is 23.6. The minimum Gasteiger partial charge on any atom is -0.475 e. The highest BCUT2D eigenvalue weighted by molar-refractivity contribution is 7.97. The number of amides is 3. The molecule has 1 aromatic rings. The summed E-state index contributed by atoms with van der Waals surface area (Å²) in [6, 6.07) is 1.41. The number of carbonyl (C=O) groups excluding carboxylic acids is 2. The first-order valence-electron chi connectivity index (χ1n) is 11.0. The number of benzene rings is 1. The number of rotatable bonds is 5. The minimum absolute atomic E-state index is 0.0232. The van der Waals surface area contributed by atoms with Crippen molar-refractivity contribution in [3.05, 3.63) is 39.1 Å². The lowest BCUT2D eigenvalue weighted by molar-refractivity contribution is -0.117. The molecule has 0 bridgehead atoms. The molecule has 3 amide bonds. The Hall–Kier alpha value is -2.92. The number of nitrogens with one attached hydrogen (secondary N) is 4. The summed E-state index contributed by atoms with van der Waals surface area (Å²) >= 11 is 0. The lowest BCUT2D eigenvalue weighted by atomic mass is 9.99. The van der Waals surface area contributed by atoms with Gasteiger partial charge in [-0.3, -0.25) is 9.52 Å². The molecule has 178 valence electrons. The van der Waals surface area contributed by atoms with E-state index in [4.69, 9.17) is 14.9 Å². The van der Waals surface area contributed by atoms with Crippen LogP contribution in [0.25, 0.3) is 0 Å². The first kappa shape index (κ1) is 23.2. The maximum Gasteiger partial charge on any atom is 0.355 e. The highest BCUT2D eigenvalue weighted by atomic mass is 32.2. The molecule has 0 radical (unpaired) electrons. The normalized spacial score (nSPS) is 22.1. The van der Waals surface area contributed by atoms with Crippen molar-refractivity contribution in [2.75, 3.05) is 25.6 Å². The van der Waals surface area contributed by atoms with Crippen LogP contribution in [0.4, 0.5) is 10.5 Å². The van der Waals surface area contributed by atoms with Gasteiger partial charge in [-0.15, -0.1) is 4.36 Å². The minimum atomic E-state index is -3.83. The van der Waals surface area contributed by atoms with Crippen molar-refractivity contribution in [3.63, 3.8) is 0 Å². The topological polar surface area (TPSA) is 142 Å². The van der Waals surface area contributed by atoms with E-state index in [-0.39, 0.29) is 23.5 Å². The molecule has 2 aliphatic carbocycles. The largest absolute Gasteiger partial charge is 0.475 e. The first-order valence-corrected chi connectivity index (χ1v) is 12.5. The summed E-state index contributed by atoms with van der Waals surface area (Å²) in [7, 11) is -2.29. The second kappa shape index (κ2) is 9.52. The number of aryl methyl sites for hydroxylation is 2. The van der Waals surface area contributed by atoms with Crippen LogP contribution in [0.1, 0.15) is 42.0 Å². The molecule has 0 aromatic heterocycles. The molecule has 0 spiro atoms. The van der Waals surface area contributed by atoms with Crippen LogP contribution >= 0.6 is 0 Å². The number of allylic oxidation sites excluding steroid dienone is 1. The fourth-order valence-corrected chi connectivity index (χ4v) is 6.07. The molecule has 33 heavy (non-hydrogen) atoms. The van der Waals surface area contributed by atoms with Crippen LogP contribution in [-0.2, 0) is 49.9 Å². The molecule has 4 rings (SSSR count). The van der Waals surface area contributed by atoms with Crippen molar-refractivity contribution in [1.82, 2.24) is 10.0 Å². The third-order valence-corrected chi connectivity index (χ3v) is 7.98. The van der Waals surface area contributed by atoms with E-state index in [0.29, 0.717) is 6.54 Å². The smallest absolute Gasteiger partial charge is 0.355 e.